The summed E-state index contributed by atoms with van der Waals surface area (Å²) in [5.74, 6) is 1.86. The SMILES string of the molecule is BrC(Br)CC12CC3CC(CC(Br)Br)(C1)CC(C14CC5CC(CC(Br)Br)(CC(CC(Br)Br)(C5)C1)C4)(C3)C2. The molecule has 4 unspecified atom stereocenters. The molecule has 0 aromatic heterocycles. The Morgan fingerprint density at radius 3 is 0.861 bits per heavy atom. The molecule has 8 bridgehead atoms. The third-order valence-electron chi connectivity index (χ3n) is 12.1. The monoisotopic (exact) mass is 1010 g/mol. The number of hydrogen-bond donors (Lipinski definition) is 0. The van der Waals surface area contributed by atoms with Crippen molar-refractivity contribution >= 4 is 127 Å². The van der Waals surface area contributed by atoms with Crippen molar-refractivity contribution in [2.75, 3.05) is 0 Å². The van der Waals surface area contributed by atoms with Gasteiger partial charge in [0.15, 0.2) is 0 Å². The lowest BCUT2D eigenvalue weighted by molar-refractivity contribution is -0.275. The van der Waals surface area contributed by atoms with Gasteiger partial charge in [-0.25, -0.2) is 0 Å². The molecule has 0 N–H and O–H groups in total. The minimum Gasteiger partial charge on any atom is -0.0765 e. The summed E-state index contributed by atoms with van der Waals surface area (Å²) in [5.41, 5.74) is 3.11. The molecule has 8 aliphatic carbocycles. The molecular weight excluding hydrogens is 976 g/mol. The van der Waals surface area contributed by atoms with Crippen molar-refractivity contribution in [2.45, 2.75) is 118 Å². The van der Waals surface area contributed by atoms with Crippen LogP contribution in [-0.2, 0) is 0 Å². The molecule has 36 heavy (non-hydrogen) atoms. The van der Waals surface area contributed by atoms with Crippen LogP contribution in [0.15, 0.2) is 0 Å². The fraction of sp³-hybridized carbons (Fsp3) is 1.00. The number of rotatable bonds is 9. The quantitative estimate of drug-likeness (QED) is 0.202. The van der Waals surface area contributed by atoms with Crippen LogP contribution in [0.1, 0.15) is 103 Å². The Kier molecular flexibility index (Phi) is 8.47. The molecule has 0 heterocycles. The van der Waals surface area contributed by atoms with E-state index in [2.05, 4.69) is 127 Å². The molecule has 8 fully saturated rings. The Bertz CT molecular complexity index is 732. The summed E-state index contributed by atoms with van der Waals surface area (Å²) >= 11 is 31.7. The van der Waals surface area contributed by atoms with Gasteiger partial charge in [0.25, 0.3) is 0 Å². The van der Waals surface area contributed by atoms with Crippen LogP contribution in [0.2, 0.25) is 0 Å². The second kappa shape index (κ2) is 10.2. The van der Waals surface area contributed by atoms with Crippen molar-refractivity contribution in [1.82, 2.24) is 0 Å². The van der Waals surface area contributed by atoms with E-state index in [1.54, 1.807) is 0 Å². The predicted molar refractivity (Wildman–Crippen MR) is 182 cm³/mol. The lowest BCUT2D eigenvalue weighted by Gasteiger charge is -2.78. The molecule has 0 spiro atoms. The van der Waals surface area contributed by atoms with E-state index in [9.17, 15) is 0 Å². The van der Waals surface area contributed by atoms with Gasteiger partial charge >= 0.3 is 0 Å². The van der Waals surface area contributed by atoms with E-state index in [4.69, 9.17) is 0 Å². The molecule has 0 amide bonds. The van der Waals surface area contributed by atoms with E-state index < -0.39 is 0 Å². The first-order valence-corrected chi connectivity index (χ1v) is 21.2. The smallest absolute Gasteiger partial charge is 0.0703 e. The average Bonchev–Trinajstić information content (AvgIpc) is 2.61. The first-order valence-electron chi connectivity index (χ1n) is 13.9. The van der Waals surface area contributed by atoms with Crippen LogP contribution in [0.5, 0.6) is 0 Å². The van der Waals surface area contributed by atoms with Gasteiger partial charge in [-0.15, -0.1) is 0 Å². The van der Waals surface area contributed by atoms with E-state index in [0.717, 1.165) is 11.8 Å². The zero-order valence-corrected chi connectivity index (χ0v) is 33.5. The summed E-state index contributed by atoms with van der Waals surface area (Å²) in [6.07, 6.45) is 23.0. The summed E-state index contributed by atoms with van der Waals surface area (Å²) in [4.78, 5) is 0. The van der Waals surface area contributed by atoms with E-state index in [-0.39, 0.29) is 0 Å². The van der Waals surface area contributed by atoms with Crippen LogP contribution in [-0.4, -0.2) is 14.9 Å². The third-order valence-corrected chi connectivity index (χ3v) is 14.7. The molecular formula is C28H38Br8. The van der Waals surface area contributed by atoms with Gasteiger partial charge in [0, 0.05) is 0 Å². The largest absolute Gasteiger partial charge is 0.0765 e. The van der Waals surface area contributed by atoms with Crippen LogP contribution in [0.25, 0.3) is 0 Å². The van der Waals surface area contributed by atoms with Crippen molar-refractivity contribution in [3.63, 3.8) is 0 Å². The highest BCUT2D eigenvalue weighted by Gasteiger charge is 2.74. The van der Waals surface area contributed by atoms with Crippen molar-refractivity contribution < 1.29 is 0 Å². The Labute approximate surface area is 285 Å². The number of hydrogen-bond acceptors (Lipinski definition) is 0. The molecule has 4 atom stereocenters. The lowest BCUT2D eigenvalue weighted by Crippen LogP contribution is -2.68. The molecule has 8 aliphatic rings. The molecule has 8 heteroatoms. The van der Waals surface area contributed by atoms with E-state index in [0.29, 0.717) is 47.4 Å². The second-order valence-corrected chi connectivity index (χ2v) is 28.7. The van der Waals surface area contributed by atoms with Gasteiger partial charge in [-0.1, -0.05) is 127 Å². The average molecular weight is 1010 g/mol. The first kappa shape index (κ1) is 29.9. The van der Waals surface area contributed by atoms with Gasteiger partial charge in [0.1, 0.15) is 0 Å². The first-order chi connectivity index (χ1) is 16.7. The standard InChI is InChI=1S/C28H38Br8/c29-19(30)7-23-1-17-2-24(11-23,8-20(31)32)14-27(5-17,13-23)28-6-18-3-25(15-28,9-21(33)34)12-26(4-18,16-28)10-22(35)36/h17-22H,1-16H2. The summed E-state index contributed by atoms with van der Waals surface area (Å²) in [7, 11) is 0. The van der Waals surface area contributed by atoms with Crippen molar-refractivity contribution in [3.8, 4) is 0 Å². The summed E-state index contributed by atoms with van der Waals surface area (Å²) in [6.45, 7) is 0. The molecule has 0 radical (unpaired) electrons. The van der Waals surface area contributed by atoms with Gasteiger partial charge in [-0.3, -0.25) is 0 Å². The molecule has 0 saturated heterocycles. The highest BCUT2D eigenvalue weighted by Crippen LogP contribution is 2.84. The van der Waals surface area contributed by atoms with Gasteiger partial charge < -0.3 is 0 Å². The minimum atomic E-state index is 0.443. The molecule has 0 aliphatic heterocycles. The van der Waals surface area contributed by atoms with Crippen LogP contribution < -0.4 is 0 Å². The second-order valence-electron chi connectivity index (χ2n) is 15.0. The van der Waals surface area contributed by atoms with Crippen molar-refractivity contribution in [2.24, 2.45) is 44.3 Å². The third kappa shape index (κ3) is 5.26. The van der Waals surface area contributed by atoms with Crippen molar-refractivity contribution in [3.05, 3.63) is 0 Å². The van der Waals surface area contributed by atoms with E-state index >= 15 is 0 Å². The highest BCUT2D eigenvalue weighted by atomic mass is 79.9. The minimum absolute atomic E-state index is 0.443. The topological polar surface area (TPSA) is 0 Å². The summed E-state index contributed by atoms with van der Waals surface area (Å²) in [5, 5.41) is 0. The molecule has 0 aromatic rings. The molecule has 206 valence electrons. The highest BCUT2D eigenvalue weighted by molar-refractivity contribution is 9.25. The zero-order chi connectivity index (χ0) is 25.8. The van der Waals surface area contributed by atoms with Gasteiger partial charge in [-0.2, -0.15) is 0 Å². The Balaban J connectivity index is 1.45. The van der Waals surface area contributed by atoms with Crippen LogP contribution >= 0.6 is 127 Å². The van der Waals surface area contributed by atoms with Gasteiger partial charge in [-0.05, 0) is 147 Å². The van der Waals surface area contributed by atoms with Crippen molar-refractivity contribution in [1.29, 1.82) is 0 Å². The molecule has 8 rings (SSSR count). The van der Waals surface area contributed by atoms with Crippen LogP contribution in [0, 0.1) is 44.3 Å². The van der Waals surface area contributed by atoms with Gasteiger partial charge in [0.05, 0.1) is 14.9 Å². The maximum Gasteiger partial charge on any atom is 0.0703 e. The number of halogens is 8. The van der Waals surface area contributed by atoms with E-state index in [1.807, 2.05) is 0 Å². The zero-order valence-electron chi connectivity index (χ0n) is 20.8. The maximum atomic E-state index is 3.96. The number of alkyl halides is 8. The fourth-order valence-electron chi connectivity index (χ4n) is 13.1. The summed E-state index contributed by atoms with van der Waals surface area (Å²) in [6, 6.07) is 0. The predicted octanol–water partition coefficient (Wildman–Crippen LogP) is 12.9. The van der Waals surface area contributed by atoms with E-state index in [1.165, 1.54) is 103 Å². The lowest BCUT2D eigenvalue weighted by atomic mass is 9.27. The molecule has 0 aromatic carbocycles. The Morgan fingerprint density at radius 2 is 0.639 bits per heavy atom. The molecule has 0 nitrogen and oxygen atoms in total. The van der Waals surface area contributed by atoms with Crippen LogP contribution in [0.4, 0.5) is 0 Å². The summed E-state index contributed by atoms with van der Waals surface area (Å²) < 4.78 is 1.77. The van der Waals surface area contributed by atoms with Gasteiger partial charge in [0.2, 0.25) is 0 Å². The normalized spacial score (nSPS) is 51.0. The Hall–Kier alpha value is 3.84. The molecule has 8 saturated carbocycles. The van der Waals surface area contributed by atoms with Crippen LogP contribution in [0.3, 0.4) is 0 Å². The maximum absolute atomic E-state index is 3.96. The Morgan fingerprint density at radius 1 is 0.389 bits per heavy atom. The fourth-order valence-corrected chi connectivity index (χ4v) is 18.6.